The van der Waals surface area contributed by atoms with Gasteiger partial charge in [0.25, 0.3) is 0 Å². The average Bonchev–Trinajstić information content (AvgIpc) is 2.88. The first-order chi connectivity index (χ1) is 19.2. The fourth-order valence-electron chi connectivity index (χ4n) is 5.00. The smallest absolute Gasteiger partial charge is 0.222 e. The molecule has 0 saturated carbocycles. The molecule has 0 bridgehead atoms. The second-order valence-corrected chi connectivity index (χ2v) is 21.7. The van der Waals surface area contributed by atoms with Crippen molar-refractivity contribution < 1.29 is 32.9 Å². The summed E-state index contributed by atoms with van der Waals surface area (Å²) in [7, 11) is -3.95. The van der Waals surface area contributed by atoms with Gasteiger partial charge < -0.3 is 32.9 Å². The van der Waals surface area contributed by atoms with Crippen molar-refractivity contribution in [3.05, 3.63) is 64.2 Å². The van der Waals surface area contributed by atoms with Crippen molar-refractivity contribution in [2.45, 2.75) is 96.7 Å². The van der Waals surface area contributed by atoms with Crippen LogP contribution in [-0.4, -0.2) is 72.6 Å². The molecule has 0 aromatic heterocycles. The predicted molar refractivity (Wildman–Crippen MR) is 169 cm³/mol. The van der Waals surface area contributed by atoms with Crippen LogP contribution in [0.2, 0.25) is 44.3 Å². The molecule has 2 aromatic rings. The standard InChI is InChI=1S/C31H49ClO7Si2/c1-10-34-25-16-13-22(14-17-25)19-23-20-24(15-18-26(23)32)31(33)30(36-12-3)29(35-11-2)28(39-41(7,8)9)27(38-31)21-37-40(4,5)6/h13-18,20,27-30,33H,10-12,19,21H2,1-9H3/t27-,28-,29+,30-,31?/m1/s1. The minimum atomic E-state index is -2.05. The van der Waals surface area contributed by atoms with Crippen LogP contribution in [0.4, 0.5) is 0 Å². The second-order valence-electron chi connectivity index (χ2n) is 12.3. The first kappa shape index (κ1) is 34.2. The highest BCUT2D eigenvalue weighted by atomic mass is 35.5. The maximum Gasteiger partial charge on any atom is 0.222 e. The molecule has 5 atom stereocenters. The third kappa shape index (κ3) is 9.35. The topological polar surface area (TPSA) is 75.6 Å². The summed E-state index contributed by atoms with van der Waals surface area (Å²) in [5, 5.41) is 13.1. The normalized spacial score (nSPS) is 25.3. The zero-order valence-electron chi connectivity index (χ0n) is 26.2. The zero-order chi connectivity index (χ0) is 30.4. The van der Waals surface area contributed by atoms with Crippen molar-refractivity contribution in [3.63, 3.8) is 0 Å². The summed E-state index contributed by atoms with van der Waals surface area (Å²) in [6, 6.07) is 13.5. The van der Waals surface area contributed by atoms with Crippen molar-refractivity contribution in [2.75, 3.05) is 26.4 Å². The summed E-state index contributed by atoms with van der Waals surface area (Å²) >= 11 is 6.68. The third-order valence-electron chi connectivity index (χ3n) is 6.67. The maximum absolute atomic E-state index is 12.4. The molecule has 230 valence electrons. The summed E-state index contributed by atoms with van der Waals surface area (Å²) < 4.78 is 37.8. The molecule has 1 fully saturated rings. The third-order valence-corrected chi connectivity index (χ3v) is 9.05. The Bertz CT molecular complexity index is 1100. The number of benzene rings is 2. The fourth-order valence-corrected chi connectivity index (χ4v) is 6.95. The number of aliphatic hydroxyl groups is 1. The molecule has 1 aliphatic rings. The molecule has 1 unspecified atom stereocenters. The Labute approximate surface area is 253 Å². The molecule has 0 amide bonds. The summed E-state index contributed by atoms with van der Waals surface area (Å²) in [4.78, 5) is 0. The number of rotatable bonds is 14. The van der Waals surface area contributed by atoms with E-state index in [0.717, 1.165) is 16.9 Å². The van der Waals surface area contributed by atoms with E-state index < -0.39 is 46.8 Å². The predicted octanol–water partition coefficient (Wildman–Crippen LogP) is 6.76. The van der Waals surface area contributed by atoms with E-state index in [1.807, 2.05) is 51.1 Å². The minimum Gasteiger partial charge on any atom is -0.494 e. The zero-order valence-corrected chi connectivity index (χ0v) is 28.9. The second kappa shape index (κ2) is 14.5. The van der Waals surface area contributed by atoms with Crippen LogP contribution in [0.3, 0.4) is 0 Å². The van der Waals surface area contributed by atoms with Crippen LogP contribution in [-0.2, 0) is 35.3 Å². The number of ether oxygens (including phenoxy) is 4. The van der Waals surface area contributed by atoms with Crippen molar-refractivity contribution >= 4 is 28.2 Å². The van der Waals surface area contributed by atoms with Crippen LogP contribution in [0.25, 0.3) is 0 Å². The van der Waals surface area contributed by atoms with Crippen LogP contribution in [0.15, 0.2) is 42.5 Å². The summed E-state index contributed by atoms with van der Waals surface area (Å²) in [5.41, 5.74) is 2.49. The summed E-state index contributed by atoms with van der Waals surface area (Å²) in [6.07, 6.45) is -1.88. The lowest BCUT2D eigenvalue weighted by atomic mass is 9.86. The molecular weight excluding hydrogens is 576 g/mol. The minimum absolute atomic E-state index is 0.280. The first-order valence-corrected chi connectivity index (χ1v) is 21.9. The molecule has 0 radical (unpaired) electrons. The molecule has 0 spiro atoms. The highest BCUT2D eigenvalue weighted by Crippen LogP contribution is 2.42. The van der Waals surface area contributed by atoms with Gasteiger partial charge in [0.2, 0.25) is 5.79 Å². The van der Waals surface area contributed by atoms with Crippen LogP contribution >= 0.6 is 11.6 Å². The molecule has 1 heterocycles. The number of hydrogen-bond acceptors (Lipinski definition) is 7. The van der Waals surface area contributed by atoms with Crippen molar-refractivity contribution in [1.82, 2.24) is 0 Å². The van der Waals surface area contributed by atoms with E-state index in [1.54, 1.807) is 12.1 Å². The van der Waals surface area contributed by atoms with Gasteiger partial charge in [-0.2, -0.15) is 0 Å². The van der Waals surface area contributed by atoms with E-state index in [4.69, 9.17) is 39.4 Å². The molecule has 3 rings (SSSR count). The number of hydrogen-bond donors (Lipinski definition) is 1. The van der Waals surface area contributed by atoms with E-state index in [-0.39, 0.29) is 6.61 Å². The Morgan fingerprint density at radius 2 is 1.51 bits per heavy atom. The number of halogens is 1. The monoisotopic (exact) mass is 624 g/mol. The van der Waals surface area contributed by atoms with Gasteiger partial charge in [0.15, 0.2) is 16.6 Å². The van der Waals surface area contributed by atoms with E-state index in [9.17, 15) is 5.11 Å². The SMILES string of the molecule is CCOc1ccc(Cc2cc(C3(O)O[C@H](CO[Si](C)(C)C)[C@@H](O[Si](C)(C)C)[C@H](OCC)[C@H]3OCC)ccc2Cl)cc1. The molecule has 1 saturated heterocycles. The highest BCUT2D eigenvalue weighted by molar-refractivity contribution is 6.70. The van der Waals surface area contributed by atoms with E-state index in [1.165, 1.54) is 0 Å². The molecule has 41 heavy (non-hydrogen) atoms. The summed E-state index contributed by atoms with van der Waals surface area (Å²) in [6.45, 7) is 20.3. The lowest BCUT2D eigenvalue weighted by molar-refractivity contribution is -0.366. The Hall–Kier alpha value is -1.28. The fraction of sp³-hybridized carbons (Fsp3) is 0.613. The highest BCUT2D eigenvalue weighted by Gasteiger charge is 2.57. The molecule has 1 aliphatic heterocycles. The van der Waals surface area contributed by atoms with Gasteiger partial charge in [0.05, 0.1) is 13.2 Å². The van der Waals surface area contributed by atoms with Gasteiger partial charge in [-0.05, 0) is 102 Å². The van der Waals surface area contributed by atoms with Gasteiger partial charge in [-0.1, -0.05) is 29.8 Å². The van der Waals surface area contributed by atoms with E-state index in [2.05, 4.69) is 39.3 Å². The molecule has 2 aromatic carbocycles. The molecule has 10 heteroatoms. The van der Waals surface area contributed by atoms with E-state index in [0.29, 0.717) is 36.8 Å². The van der Waals surface area contributed by atoms with Crippen LogP contribution in [0.1, 0.15) is 37.5 Å². The van der Waals surface area contributed by atoms with Crippen molar-refractivity contribution in [1.29, 1.82) is 0 Å². The van der Waals surface area contributed by atoms with Gasteiger partial charge in [-0.15, -0.1) is 0 Å². The Morgan fingerprint density at radius 1 is 0.854 bits per heavy atom. The van der Waals surface area contributed by atoms with Crippen LogP contribution < -0.4 is 4.74 Å². The van der Waals surface area contributed by atoms with Crippen molar-refractivity contribution in [3.8, 4) is 5.75 Å². The molecule has 0 aliphatic carbocycles. The van der Waals surface area contributed by atoms with Gasteiger partial charge in [0.1, 0.15) is 30.2 Å². The Kier molecular flexibility index (Phi) is 12.1. The molecule has 1 N–H and O–H groups in total. The van der Waals surface area contributed by atoms with Gasteiger partial charge in [-0.3, -0.25) is 0 Å². The lowest BCUT2D eigenvalue weighted by Crippen LogP contribution is -2.67. The lowest BCUT2D eigenvalue weighted by Gasteiger charge is -2.52. The largest absolute Gasteiger partial charge is 0.494 e. The van der Waals surface area contributed by atoms with Crippen LogP contribution in [0, 0.1) is 0 Å². The average molecular weight is 625 g/mol. The van der Waals surface area contributed by atoms with Gasteiger partial charge >= 0.3 is 0 Å². The Balaban J connectivity index is 2.05. The molecular formula is C31H49ClO7Si2. The molecule has 7 nitrogen and oxygen atoms in total. The van der Waals surface area contributed by atoms with Gasteiger partial charge in [0, 0.05) is 23.8 Å². The van der Waals surface area contributed by atoms with E-state index >= 15 is 0 Å². The van der Waals surface area contributed by atoms with Crippen LogP contribution in [0.5, 0.6) is 5.75 Å². The first-order valence-electron chi connectivity index (χ1n) is 14.7. The quantitative estimate of drug-likeness (QED) is 0.233. The summed E-state index contributed by atoms with van der Waals surface area (Å²) in [5.74, 6) is -0.995. The van der Waals surface area contributed by atoms with Crippen molar-refractivity contribution in [2.24, 2.45) is 0 Å². The maximum atomic E-state index is 12.4. The van der Waals surface area contributed by atoms with Gasteiger partial charge in [-0.25, -0.2) is 0 Å². The Morgan fingerprint density at radius 3 is 2.07 bits per heavy atom.